The monoisotopic (exact) mass is 449 g/mol. The van der Waals surface area contributed by atoms with Gasteiger partial charge in [0.25, 0.3) is 0 Å². The minimum Gasteiger partial charge on any atom is -0.456 e. The van der Waals surface area contributed by atoms with Gasteiger partial charge in [-0.25, -0.2) is 0 Å². The van der Waals surface area contributed by atoms with E-state index in [1.54, 1.807) is 5.57 Å². The van der Waals surface area contributed by atoms with Gasteiger partial charge in [0.15, 0.2) is 0 Å². The molecule has 2 nitrogen and oxygen atoms in total. The molecule has 0 saturated heterocycles. The summed E-state index contributed by atoms with van der Waals surface area (Å²) < 4.78 is 6.13. The Hall–Kier alpha value is -3.26. The topological polar surface area (TPSA) is 16.4 Å². The molecule has 0 aliphatic heterocycles. The first-order valence-electron chi connectivity index (χ1n) is 12.7. The molecule has 0 radical (unpaired) electrons. The lowest BCUT2D eigenvalue weighted by molar-refractivity contribution is 0.295. The summed E-state index contributed by atoms with van der Waals surface area (Å²) >= 11 is 0. The molecule has 1 aromatic carbocycles. The van der Waals surface area contributed by atoms with Crippen molar-refractivity contribution in [2.45, 2.75) is 51.5 Å². The zero-order chi connectivity index (χ0) is 23.5. The molecule has 174 valence electrons. The summed E-state index contributed by atoms with van der Waals surface area (Å²) in [5.41, 5.74) is 7.60. The van der Waals surface area contributed by atoms with Crippen LogP contribution in [0.3, 0.4) is 0 Å². The van der Waals surface area contributed by atoms with E-state index in [9.17, 15) is 0 Å². The number of allylic oxidation sites excluding steroid dienone is 8. The third kappa shape index (κ3) is 4.42. The Kier molecular flexibility index (Phi) is 6.58. The van der Waals surface area contributed by atoms with Crippen molar-refractivity contribution in [1.29, 1.82) is 0 Å². The number of benzene rings is 1. The minimum atomic E-state index is 0.412. The highest BCUT2D eigenvalue weighted by Crippen LogP contribution is 2.42. The van der Waals surface area contributed by atoms with Gasteiger partial charge in [0.05, 0.1) is 0 Å². The number of hydrogen-bond donors (Lipinski definition) is 0. The van der Waals surface area contributed by atoms with Crippen molar-refractivity contribution in [3.8, 4) is 0 Å². The van der Waals surface area contributed by atoms with E-state index >= 15 is 0 Å². The van der Waals surface area contributed by atoms with E-state index in [4.69, 9.17) is 4.42 Å². The van der Waals surface area contributed by atoms with E-state index in [2.05, 4.69) is 73.6 Å². The van der Waals surface area contributed by atoms with E-state index in [0.29, 0.717) is 12.0 Å². The van der Waals surface area contributed by atoms with Crippen LogP contribution in [0.4, 0.5) is 0 Å². The summed E-state index contributed by atoms with van der Waals surface area (Å²) in [5, 5.41) is 1.12. The van der Waals surface area contributed by atoms with Gasteiger partial charge in [0, 0.05) is 35.2 Å². The van der Waals surface area contributed by atoms with Gasteiger partial charge in [-0.3, -0.25) is 0 Å². The third-order valence-electron chi connectivity index (χ3n) is 7.50. The molecule has 2 atom stereocenters. The molecule has 2 heteroatoms. The van der Waals surface area contributed by atoms with Gasteiger partial charge in [-0.05, 0) is 68.7 Å². The lowest BCUT2D eigenvalue weighted by Gasteiger charge is -2.34. The Bertz CT molecular complexity index is 1250. The van der Waals surface area contributed by atoms with Gasteiger partial charge in [-0.2, -0.15) is 0 Å². The molecule has 0 spiro atoms. The zero-order valence-electron chi connectivity index (χ0n) is 20.3. The molecule has 2 unspecified atom stereocenters. The normalized spacial score (nSPS) is 22.7. The van der Waals surface area contributed by atoms with Gasteiger partial charge in [-0.15, -0.1) is 0 Å². The Balaban J connectivity index is 1.38. The average molecular weight is 450 g/mol. The highest BCUT2D eigenvalue weighted by molar-refractivity contribution is 5.90. The maximum Gasteiger partial charge on any atom is 0.135 e. The van der Waals surface area contributed by atoms with E-state index in [0.717, 1.165) is 35.3 Å². The van der Waals surface area contributed by atoms with Crippen molar-refractivity contribution >= 4 is 23.1 Å². The smallest absolute Gasteiger partial charge is 0.135 e. The van der Waals surface area contributed by atoms with E-state index in [1.165, 1.54) is 48.9 Å². The molecule has 0 saturated carbocycles. The van der Waals surface area contributed by atoms with Gasteiger partial charge in [0.2, 0.25) is 0 Å². The number of rotatable bonds is 7. The molecular formula is C32H35NO. The van der Waals surface area contributed by atoms with Crippen LogP contribution in [0, 0.1) is 5.92 Å². The molecule has 2 aromatic rings. The molecule has 5 rings (SSSR count). The first-order valence-corrected chi connectivity index (χ1v) is 12.7. The van der Waals surface area contributed by atoms with Crippen LogP contribution >= 0.6 is 0 Å². The van der Waals surface area contributed by atoms with E-state index in [-0.39, 0.29) is 0 Å². The Morgan fingerprint density at radius 3 is 2.88 bits per heavy atom. The first kappa shape index (κ1) is 22.5. The van der Waals surface area contributed by atoms with Crippen LogP contribution in [0.2, 0.25) is 0 Å². The van der Waals surface area contributed by atoms with Gasteiger partial charge < -0.3 is 9.32 Å². The second-order valence-corrected chi connectivity index (χ2v) is 9.66. The van der Waals surface area contributed by atoms with Crippen molar-refractivity contribution in [3.05, 3.63) is 108 Å². The van der Waals surface area contributed by atoms with Crippen LogP contribution in [0.15, 0.2) is 101 Å². The summed E-state index contributed by atoms with van der Waals surface area (Å²) in [6, 6.07) is 8.60. The zero-order valence-corrected chi connectivity index (χ0v) is 20.3. The fourth-order valence-corrected chi connectivity index (χ4v) is 5.68. The summed E-state index contributed by atoms with van der Waals surface area (Å²) in [5.74, 6) is 1.29. The molecule has 0 amide bonds. The van der Waals surface area contributed by atoms with Crippen LogP contribution in [-0.4, -0.2) is 17.5 Å². The van der Waals surface area contributed by atoms with Crippen LogP contribution in [0.25, 0.3) is 23.1 Å². The Morgan fingerprint density at radius 2 is 2.09 bits per heavy atom. The Labute approximate surface area is 204 Å². The minimum absolute atomic E-state index is 0.412. The highest BCUT2D eigenvalue weighted by Gasteiger charge is 2.27. The standard InChI is InChI=1S/C32H35NO/c1-4-28-30-17-10-11-18-32(30)34-31(28)19-12-20-33(27-14-6-5-7-15-27)23(2)21-26-22-25-13-8-9-16-29(25)24(26)3/h4,6,9-12,14,16-19,21,26-27H,1,3,5,7-8,13,15,20,22H2,2H3/b19-12-,23-21+. The molecule has 1 aromatic heterocycles. The second-order valence-electron chi connectivity index (χ2n) is 9.66. The Morgan fingerprint density at radius 1 is 1.21 bits per heavy atom. The fraction of sp³-hybridized carbons (Fsp3) is 0.312. The van der Waals surface area contributed by atoms with Crippen LogP contribution in [-0.2, 0) is 0 Å². The van der Waals surface area contributed by atoms with Crippen molar-refractivity contribution in [3.63, 3.8) is 0 Å². The van der Waals surface area contributed by atoms with E-state index < -0.39 is 0 Å². The molecule has 0 fully saturated rings. The summed E-state index contributed by atoms with van der Waals surface area (Å²) in [7, 11) is 0. The molecule has 3 aliphatic carbocycles. The van der Waals surface area contributed by atoms with Crippen molar-refractivity contribution in [2.24, 2.45) is 5.92 Å². The first-order chi connectivity index (χ1) is 16.7. The van der Waals surface area contributed by atoms with Crippen LogP contribution in [0.5, 0.6) is 0 Å². The average Bonchev–Trinajstić information content (AvgIpc) is 3.39. The third-order valence-corrected chi connectivity index (χ3v) is 7.50. The van der Waals surface area contributed by atoms with Gasteiger partial charge in [0.1, 0.15) is 11.3 Å². The van der Waals surface area contributed by atoms with E-state index in [1.807, 2.05) is 24.3 Å². The summed E-state index contributed by atoms with van der Waals surface area (Å²) in [4.78, 5) is 2.54. The number of nitrogens with zero attached hydrogens (tertiary/aromatic N) is 1. The molecule has 0 bridgehead atoms. The SMILES string of the molecule is C=Cc1c(/C=C\CN(/C(C)=C/C2CC3=C(C=CCC3)C2=C)C2C=CCCC2)oc2ccccc12. The van der Waals surface area contributed by atoms with Gasteiger partial charge in [-0.1, -0.05) is 79.5 Å². The maximum atomic E-state index is 6.13. The van der Waals surface area contributed by atoms with Gasteiger partial charge >= 0.3 is 0 Å². The summed E-state index contributed by atoms with van der Waals surface area (Å²) in [6.07, 6.45) is 25.1. The number of furan rings is 1. The molecule has 34 heavy (non-hydrogen) atoms. The molecule has 0 N–H and O–H groups in total. The summed E-state index contributed by atoms with van der Waals surface area (Å²) in [6.45, 7) is 11.6. The molecular weight excluding hydrogens is 414 g/mol. The van der Waals surface area contributed by atoms with Crippen LogP contribution < -0.4 is 0 Å². The number of fused-ring (bicyclic) bond motifs is 1. The van der Waals surface area contributed by atoms with Crippen LogP contribution in [0.1, 0.15) is 56.8 Å². The lowest BCUT2D eigenvalue weighted by Crippen LogP contribution is -2.34. The molecule has 3 aliphatic rings. The second kappa shape index (κ2) is 9.93. The fourth-order valence-electron chi connectivity index (χ4n) is 5.68. The van der Waals surface area contributed by atoms with Crippen molar-refractivity contribution in [1.82, 2.24) is 4.90 Å². The van der Waals surface area contributed by atoms with Crippen molar-refractivity contribution < 1.29 is 4.42 Å². The lowest BCUT2D eigenvalue weighted by atomic mass is 9.96. The van der Waals surface area contributed by atoms with Crippen molar-refractivity contribution in [2.75, 3.05) is 6.54 Å². The number of hydrogen-bond acceptors (Lipinski definition) is 2. The maximum absolute atomic E-state index is 6.13. The number of para-hydroxylation sites is 1. The molecule has 1 heterocycles. The quantitative estimate of drug-likeness (QED) is 0.393. The largest absolute Gasteiger partial charge is 0.456 e. The predicted molar refractivity (Wildman–Crippen MR) is 145 cm³/mol. The highest BCUT2D eigenvalue weighted by atomic mass is 16.3. The predicted octanol–water partition coefficient (Wildman–Crippen LogP) is 8.63.